The summed E-state index contributed by atoms with van der Waals surface area (Å²) in [4.78, 5) is 0. The van der Waals surface area contributed by atoms with Gasteiger partial charge in [0.05, 0.1) is 18.6 Å². The van der Waals surface area contributed by atoms with Crippen LogP contribution in [-0.4, -0.2) is 32.8 Å². The summed E-state index contributed by atoms with van der Waals surface area (Å²) in [5.74, 6) is 0.466. The van der Waals surface area contributed by atoms with Crippen molar-refractivity contribution in [2.45, 2.75) is 20.8 Å². The molecule has 1 N–H and O–H groups in total. The molecule has 0 saturated carbocycles. The Bertz CT molecular complexity index is 704. The smallest absolute Gasteiger partial charge is 0.264 e. The summed E-state index contributed by atoms with van der Waals surface area (Å²) in [5.41, 5.74) is 7.35. The monoisotopic (exact) mass is 336 g/mol. The normalized spacial score (nSPS) is 15.3. The molecule has 1 aromatic rings. The molecular formula is C17H24N2O3S. The van der Waals surface area contributed by atoms with Crippen molar-refractivity contribution < 1.29 is 12.6 Å². The van der Waals surface area contributed by atoms with Gasteiger partial charge in [0.25, 0.3) is 10.1 Å². The van der Waals surface area contributed by atoms with Gasteiger partial charge in [-0.3, -0.25) is 14.6 Å². The van der Waals surface area contributed by atoms with E-state index < -0.39 is 10.1 Å². The quantitative estimate of drug-likeness (QED) is 0.810. The minimum Gasteiger partial charge on any atom is -0.298 e. The number of nitrogens with zero attached hydrogens (tertiary/aromatic N) is 1. The fourth-order valence-corrected chi connectivity index (χ4v) is 2.62. The molecule has 0 aliphatic carbocycles. The lowest BCUT2D eigenvalue weighted by atomic mass is 10.1. The Hall–Kier alpha value is -1.79. The Balaban J connectivity index is 2.24. The molecule has 0 fully saturated rings. The Morgan fingerprint density at radius 2 is 1.87 bits per heavy atom. The molecule has 1 aliphatic rings. The van der Waals surface area contributed by atoms with Crippen molar-refractivity contribution in [2.75, 3.05) is 19.4 Å². The highest BCUT2D eigenvalue weighted by Gasteiger charge is 2.15. The third-order valence-electron chi connectivity index (χ3n) is 3.28. The van der Waals surface area contributed by atoms with E-state index in [-0.39, 0.29) is 6.61 Å². The lowest BCUT2D eigenvalue weighted by molar-refractivity contribution is 0.275. The molecule has 0 aromatic heterocycles. The first-order valence-electron chi connectivity index (χ1n) is 7.60. The number of rotatable bonds is 6. The van der Waals surface area contributed by atoms with Gasteiger partial charge in [0, 0.05) is 12.7 Å². The molecule has 0 saturated heterocycles. The Labute approximate surface area is 138 Å². The largest absolute Gasteiger partial charge is 0.298 e. The van der Waals surface area contributed by atoms with E-state index in [2.05, 4.69) is 31.4 Å². The molecule has 0 amide bonds. The van der Waals surface area contributed by atoms with Crippen molar-refractivity contribution in [3.05, 3.63) is 53.2 Å². The van der Waals surface area contributed by atoms with Crippen LogP contribution in [0, 0.1) is 12.8 Å². The zero-order chi connectivity index (χ0) is 17.0. The minimum absolute atomic E-state index is 0.0322. The number of hydrogen-bond donors (Lipinski definition) is 1. The predicted octanol–water partition coefficient (Wildman–Crippen LogP) is 2.67. The molecule has 126 valence electrons. The fourth-order valence-electron chi connectivity index (χ4n) is 2.27. The van der Waals surface area contributed by atoms with E-state index in [9.17, 15) is 8.42 Å². The maximum absolute atomic E-state index is 11.2. The van der Waals surface area contributed by atoms with Crippen LogP contribution < -0.4 is 5.43 Å². The van der Waals surface area contributed by atoms with Crippen LogP contribution in [0.15, 0.2) is 42.1 Å². The van der Waals surface area contributed by atoms with Crippen LogP contribution in [0.4, 0.5) is 0 Å². The van der Waals surface area contributed by atoms with Gasteiger partial charge in [-0.15, -0.1) is 0 Å². The number of nitrogens with one attached hydrogen (secondary N) is 1. The highest BCUT2D eigenvalue weighted by molar-refractivity contribution is 7.86. The summed E-state index contributed by atoms with van der Waals surface area (Å²) >= 11 is 0. The van der Waals surface area contributed by atoms with Crippen LogP contribution in [-0.2, 0) is 14.3 Å². The summed E-state index contributed by atoms with van der Waals surface area (Å²) < 4.78 is 27.4. The third-order valence-corrected chi connectivity index (χ3v) is 3.83. The van der Waals surface area contributed by atoms with E-state index in [0.717, 1.165) is 29.6 Å². The van der Waals surface area contributed by atoms with Gasteiger partial charge in [-0.1, -0.05) is 43.7 Å². The standard InChI is InChI=1S/C17H24N2O3S/c1-13(2)10-19-11-15(12-22-23(4,20)21)9-17(18-19)16-7-5-14(3)6-8-16/h5-9,11,13,18H,10,12H2,1-4H3. The van der Waals surface area contributed by atoms with E-state index in [1.54, 1.807) is 0 Å². The van der Waals surface area contributed by atoms with E-state index in [1.165, 1.54) is 5.56 Å². The summed E-state index contributed by atoms with van der Waals surface area (Å²) in [6.45, 7) is 7.15. The molecule has 1 aliphatic heterocycles. The van der Waals surface area contributed by atoms with Crippen LogP contribution in [0.1, 0.15) is 25.0 Å². The van der Waals surface area contributed by atoms with Gasteiger partial charge in [0.2, 0.25) is 0 Å². The highest BCUT2D eigenvalue weighted by atomic mass is 32.2. The minimum atomic E-state index is -3.46. The summed E-state index contributed by atoms with van der Waals surface area (Å²) in [7, 11) is -3.46. The summed E-state index contributed by atoms with van der Waals surface area (Å²) in [6, 6.07) is 8.19. The SMILES string of the molecule is Cc1ccc(C2=CC(COS(C)(=O)=O)=CN(CC(C)C)N2)cc1. The van der Waals surface area contributed by atoms with Gasteiger partial charge in [-0.05, 0) is 30.1 Å². The topological polar surface area (TPSA) is 58.6 Å². The number of hydrogen-bond acceptors (Lipinski definition) is 5. The zero-order valence-electron chi connectivity index (χ0n) is 14.0. The van der Waals surface area contributed by atoms with Crippen LogP contribution in [0.25, 0.3) is 5.70 Å². The third kappa shape index (κ3) is 5.73. The first kappa shape index (κ1) is 17.6. The Kier molecular flexibility index (Phi) is 5.49. The molecule has 0 bridgehead atoms. The highest BCUT2D eigenvalue weighted by Crippen LogP contribution is 2.20. The average Bonchev–Trinajstić information content (AvgIpc) is 2.44. The van der Waals surface area contributed by atoms with Crippen LogP contribution >= 0.6 is 0 Å². The maximum Gasteiger partial charge on any atom is 0.264 e. The molecular weight excluding hydrogens is 312 g/mol. The van der Waals surface area contributed by atoms with Crippen LogP contribution in [0.3, 0.4) is 0 Å². The van der Waals surface area contributed by atoms with Crippen molar-refractivity contribution in [1.29, 1.82) is 0 Å². The zero-order valence-corrected chi connectivity index (χ0v) is 14.9. The van der Waals surface area contributed by atoms with Crippen LogP contribution in [0.5, 0.6) is 0 Å². The molecule has 1 heterocycles. The molecule has 1 aromatic carbocycles. The van der Waals surface area contributed by atoms with Gasteiger partial charge in [-0.2, -0.15) is 8.42 Å². The number of hydrazine groups is 1. The van der Waals surface area contributed by atoms with E-state index in [4.69, 9.17) is 4.18 Å². The molecule has 23 heavy (non-hydrogen) atoms. The van der Waals surface area contributed by atoms with Gasteiger partial charge in [0.15, 0.2) is 0 Å². The summed E-state index contributed by atoms with van der Waals surface area (Å²) in [5, 5.41) is 1.97. The fraction of sp³-hybridized carbons (Fsp3) is 0.412. The average molecular weight is 336 g/mol. The van der Waals surface area contributed by atoms with E-state index in [0.29, 0.717) is 5.92 Å². The predicted molar refractivity (Wildman–Crippen MR) is 92.7 cm³/mol. The number of benzene rings is 1. The number of aryl methyl sites for hydroxylation is 1. The molecule has 0 unspecified atom stereocenters. The first-order chi connectivity index (χ1) is 10.7. The molecule has 0 atom stereocenters. The van der Waals surface area contributed by atoms with E-state index in [1.807, 2.05) is 36.3 Å². The van der Waals surface area contributed by atoms with Gasteiger partial charge in [0.1, 0.15) is 0 Å². The van der Waals surface area contributed by atoms with Crippen molar-refractivity contribution in [3.8, 4) is 0 Å². The Morgan fingerprint density at radius 3 is 2.43 bits per heavy atom. The van der Waals surface area contributed by atoms with Gasteiger partial charge >= 0.3 is 0 Å². The first-order valence-corrected chi connectivity index (χ1v) is 9.42. The van der Waals surface area contributed by atoms with Gasteiger partial charge in [-0.25, -0.2) is 0 Å². The van der Waals surface area contributed by atoms with Crippen molar-refractivity contribution >= 4 is 15.8 Å². The van der Waals surface area contributed by atoms with Crippen molar-refractivity contribution in [2.24, 2.45) is 5.92 Å². The second kappa shape index (κ2) is 7.19. The second-order valence-electron chi connectivity index (χ2n) is 6.25. The Morgan fingerprint density at radius 1 is 1.22 bits per heavy atom. The molecule has 2 rings (SSSR count). The van der Waals surface area contributed by atoms with Crippen molar-refractivity contribution in [3.63, 3.8) is 0 Å². The molecule has 0 radical (unpaired) electrons. The molecule has 5 nitrogen and oxygen atoms in total. The molecule has 6 heteroatoms. The lowest BCUT2D eigenvalue weighted by Gasteiger charge is -2.30. The second-order valence-corrected chi connectivity index (χ2v) is 7.90. The van der Waals surface area contributed by atoms with E-state index >= 15 is 0 Å². The van der Waals surface area contributed by atoms with Crippen molar-refractivity contribution in [1.82, 2.24) is 10.4 Å². The van der Waals surface area contributed by atoms with Crippen LogP contribution in [0.2, 0.25) is 0 Å². The summed E-state index contributed by atoms with van der Waals surface area (Å²) in [6.07, 6.45) is 4.88. The molecule has 0 spiro atoms. The lowest BCUT2D eigenvalue weighted by Crippen LogP contribution is -2.37. The van der Waals surface area contributed by atoms with Gasteiger partial charge < -0.3 is 0 Å². The maximum atomic E-state index is 11.2.